The lowest BCUT2D eigenvalue weighted by Gasteiger charge is -2.23. The maximum absolute atomic E-state index is 14.3. The number of hydrogen-bond acceptors (Lipinski definition) is 5. The molecule has 0 radical (unpaired) electrons. The highest BCUT2D eigenvalue weighted by Crippen LogP contribution is 2.31. The highest BCUT2D eigenvalue weighted by Gasteiger charge is 2.44. The van der Waals surface area contributed by atoms with E-state index in [1.54, 1.807) is 18.2 Å². The van der Waals surface area contributed by atoms with Crippen LogP contribution in [0.2, 0.25) is 0 Å². The van der Waals surface area contributed by atoms with Crippen LogP contribution < -0.4 is 10.1 Å². The summed E-state index contributed by atoms with van der Waals surface area (Å²) in [6, 6.07) is 9.53. The number of carbonyl (C=O) groups is 1. The molecule has 4 rings (SSSR count). The lowest BCUT2D eigenvalue weighted by molar-refractivity contribution is -0.141. The topological polar surface area (TPSA) is 88.6 Å². The average Bonchev–Trinajstić information content (AvgIpc) is 3.29. The third-order valence-corrected chi connectivity index (χ3v) is 7.87. The van der Waals surface area contributed by atoms with Crippen LogP contribution in [0.5, 0.6) is 5.75 Å². The van der Waals surface area contributed by atoms with E-state index in [-0.39, 0.29) is 17.9 Å². The van der Waals surface area contributed by atoms with Crippen LogP contribution >= 0.6 is 0 Å². The van der Waals surface area contributed by atoms with Crippen LogP contribution in [0.15, 0.2) is 65.7 Å². The second-order valence-electron chi connectivity index (χ2n) is 8.59. The minimum atomic E-state index is -4.58. The van der Waals surface area contributed by atoms with Crippen molar-refractivity contribution in [1.82, 2.24) is 14.6 Å². The summed E-state index contributed by atoms with van der Waals surface area (Å²) in [5.41, 5.74) is 0.298. The summed E-state index contributed by atoms with van der Waals surface area (Å²) in [6.07, 6.45) is -5.44. The van der Waals surface area contributed by atoms with Gasteiger partial charge in [0, 0.05) is 31.3 Å². The van der Waals surface area contributed by atoms with Crippen LogP contribution in [-0.2, 0) is 27.5 Å². The summed E-state index contributed by atoms with van der Waals surface area (Å²) in [5.74, 6) is -1.03. The van der Waals surface area contributed by atoms with Crippen LogP contribution in [0.25, 0.3) is 11.1 Å². The Labute approximate surface area is 215 Å². The highest BCUT2D eigenvalue weighted by atomic mass is 32.2. The molecule has 0 aliphatic carbocycles. The van der Waals surface area contributed by atoms with Crippen molar-refractivity contribution in [3.05, 3.63) is 77.9 Å². The van der Waals surface area contributed by atoms with Gasteiger partial charge in [0.15, 0.2) is 0 Å². The summed E-state index contributed by atoms with van der Waals surface area (Å²) < 4.78 is 98.1. The van der Waals surface area contributed by atoms with Crippen molar-refractivity contribution >= 4 is 15.9 Å². The smallest absolute Gasteiger partial charge is 0.433 e. The van der Waals surface area contributed by atoms with E-state index in [0.717, 1.165) is 40.8 Å². The van der Waals surface area contributed by atoms with Crippen molar-refractivity contribution in [3.8, 4) is 16.9 Å². The number of nitrogens with zero attached hydrogens (tertiary/aromatic N) is 2. The van der Waals surface area contributed by atoms with Crippen molar-refractivity contribution in [2.75, 3.05) is 13.7 Å². The lowest BCUT2D eigenvalue weighted by Crippen LogP contribution is -2.45. The summed E-state index contributed by atoms with van der Waals surface area (Å²) in [6.45, 7) is -0.628. The van der Waals surface area contributed by atoms with Crippen LogP contribution in [0.1, 0.15) is 17.7 Å². The van der Waals surface area contributed by atoms with Gasteiger partial charge in [-0.2, -0.15) is 17.5 Å². The van der Waals surface area contributed by atoms with Gasteiger partial charge >= 0.3 is 6.18 Å². The van der Waals surface area contributed by atoms with Crippen LogP contribution in [0, 0.1) is 5.82 Å². The molecule has 0 unspecified atom stereocenters. The molecule has 2 atom stereocenters. The van der Waals surface area contributed by atoms with Crippen LogP contribution in [0.4, 0.5) is 22.0 Å². The van der Waals surface area contributed by atoms with Gasteiger partial charge in [0.2, 0.25) is 15.9 Å². The Balaban J connectivity index is 1.52. The predicted octanol–water partition coefficient (Wildman–Crippen LogP) is 4.33. The molecule has 3 aromatic rings. The zero-order valence-electron chi connectivity index (χ0n) is 19.9. The third kappa shape index (κ3) is 5.94. The molecule has 1 fully saturated rings. The number of methoxy groups -OCH3 is 1. The molecule has 0 spiro atoms. The van der Waals surface area contributed by atoms with E-state index in [4.69, 9.17) is 4.74 Å². The molecule has 0 bridgehead atoms. The number of ether oxygens (including phenoxy) is 1. The number of aromatic nitrogens is 1. The summed E-state index contributed by atoms with van der Waals surface area (Å²) in [7, 11) is -2.88. The van der Waals surface area contributed by atoms with Gasteiger partial charge in [-0.05, 0) is 59.7 Å². The summed E-state index contributed by atoms with van der Waals surface area (Å²) in [5, 5.41) is 2.59. The zero-order valence-corrected chi connectivity index (χ0v) is 20.7. The summed E-state index contributed by atoms with van der Waals surface area (Å²) in [4.78, 5) is 16.1. The van der Waals surface area contributed by atoms with Gasteiger partial charge in [-0.25, -0.2) is 17.2 Å². The molecule has 2 aromatic carbocycles. The molecule has 13 heteroatoms. The van der Waals surface area contributed by atoms with E-state index < -0.39 is 52.4 Å². The van der Waals surface area contributed by atoms with Gasteiger partial charge in [-0.3, -0.25) is 9.78 Å². The predicted molar refractivity (Wildman–Crippen MR) is 127 cm³/mol. The number of sulfonamides is 1. The average molecular weight is 556 g/mol. The number of carbonyl (C=O) groups excluding carboxylic acids is 1. The fraction of sp³-hybridized carbons (Fsp3) is 0.280. The monoisotopic (exact) mass is 555 g/mol. The minimum absolute atomic E-state index is 0.102. The molecule has 1 N–H and O–H groups in total. The second kappa shape index (κ2) is 10.7. The quantitative estimate of drug-likeness (QED) is 0.439. The fourth-order valence-electron chi connectivity index (χ4n) is 4.09. The highest BCUT2D eigenvalue weighted by molar-refractivity contribution is 7.89. The van der Waals surface area contributed by atoms with Crippen molar-refractivity contribution in [3.63, 3.8) is 0 Å². The molecule has 1 aliphatic rings. The first-order chi connectivity index (χ1) is 17.9. The Kier molecular flexibility index (Phi) is 7.70. The molecule has 2 heterocycles. The number of hydrogen-bond donors (Lipinski definition) is 1. The SMILES string of the molecule is COc1cc(CNC(=O)[C@@H]2C[C@@H](F)CN2S(=O)(=O)c2ccc(F)cc2)cc(-c2ccc(C(F)(F)F)nc2)c1. The molecule has 1 amide bonds. The first-order valence-corrected chi connectivity index (χ1v) is 12.7. The van der Waals surface area contributed by atoms with Gasteiger partial charge in [0.25, 0.3) is 0 Å². The number of benzene rings is 2. The standard InChI is InChI=1S/C25H22F5N3O4S/c1-37-20-9-15(8-17(10-20)16-2-7-23(31-13-16)25(28,29)30)12-32-24(34)22-11-19(27)14-33(22)38(35,36)21-5-3-18(26)4-6-21/h2-10,13,19,22H,11-12,14H2,1H3,(H,32,34)/t19-,22+/m1/s1. The van der Waals surface area contributed by atoms with E-state index >= 15 is 0 Å². The van der Waals surface area contributed by atoms with Crippen molar-refractivity contribution in [2.45, 2.75) is 36.3 Å². The molecule has 0 saturated carbocycles. The van der Waals surface area contributed by atoms with E-state index in [0.29, 0.717) is 22.4 Å². The maximum Gasteiger partial charge on any atom is 0.433 e. The second-order valence-corrected chi connectivity index (χ2v) is 10.5. The number of halogens is 5. The number of pyridine rings is 1. The Hall–Kier alpha value is -3.58. The van der Waals surface area contributed by atoms with E-state index in [9.17, 15) is 35.2 Å². The van der Waals surface area contributed by atoms with Crippen molar-refractivity contribution in [1.29, 1.82) is 0 Å². The number of rotatable bonds is 7. The van der Waals surface area contributed by atoms with Gasteiger partial charge in [-0.1, -0.05) is 6.07 Å². The lowest BCUT2D eigenvalue weighted by atomic mass is 10.0. The molecular formula is C25H22F5N3O4S. The summed E-state index contributed by atoms with van der Waals surface area (Å²) >= 11 is 0. The molecule has 1 aromatic heterocycles. The number of alkyl halides is 4. The molecule has 1 aliphatic heterocycles. The first kappa shape index (κ1) is 27.5. The Morgan fingerprint density at radius 3 is 2.42 bits per heavy atom. The van der Waals surface area contributed by atoms with Crippen LogP contribution in [-0.4, -0.2) is 49.5 Å². The van der Waals surface area contributed by atoms with E-state index in [1.165, 1.54) is 13.2 Å². The maximum atomic E-state index is 14.3. The van der Waals surface area contributed by atoms with Crippen LogP contribution in [0.3, 0.4) is 0 Å². The largest absolute Gasteiger partial charge is 0.497 e. The fourth-order valence-corrected chi connectivity index (χ4v) is 5.71. The Morgan fingerprint density at radius 1 is 1.11 bits per heavy atom. The van der Waals surface area contributed by atoms with Gasteiger partial charge < -0.3 is 10.1 Å². The molecular weight excluding hydrogens is 533 g/mol. The number of amides is 1. The normalized spacial score (nSPS) is 18.4. The molecule has 202 valence electrons. The molecule has 1 saturated heterocycles. The zero-order chi connectivity index (χ0) is 27.7. The van der Waals surface area contributed by atoms with E-state index in [1.807, 2.05) is 0 Å². The Bertz CT molecular complexity index is 1410. The Morgan fingerprint density at radius 2 is 1.82 bits per heavy atom. The molecule has 38 heavy (non-hydrogen) atoms. The first-order valence-electron chi connectivity index (χ1n) is 11.3. The van der Waals surface area contributed by atoms with Crippen molar-refractivity contribution in [2.24, 2.45) is 0 Å². The van der Waals surface area contributed by atoms with Crippen molar-refractivity contribution < 1.29 is 39.9 Å². The van der Waals surface area contributed by atoms with Gasteiger partial charge in [0.05, 0.1) is 12.0 Å². The van der Waals surface area contributed by atoms with Gasteiger partial charge in [-0.15, -0.1) is 0 Å². The van der Waals surface area contributed by atoms with E-state index in [2.05, 4.69) is 10.3 Å². The van der Waals surface area contributed by atoms with Gasteiger partial charge in [0.1, 0.15) is 29.5 Å². The number of nitrogens with one attached hydrogen (secondary N) is 1. The third-order valence-electron chi connectivity index (χ3n) is 5.98. The minimum Gasteiger partial charge on any atom is -0.497 e. The molecule has 7 nitrogen and oxygen atoms in total.